The summed E-state index contributed by atoms with van der Waals surface area (Å²) in [6, 6.07) is 7.72. The zero-order chi connectivity index (χ0) is 17.4. The van der Waals surface area contributed by atoms with Crippen molar-refractivity contribution in [1.29, 1.82) is 0 Å². The first-order valence-electron chi connectivity index (χ1n) is 8.52. The number of piperidine rings is 1. The molecule has 1 aliphatic rings. The third-order valence-electron chi connectivity index (χ3n) is 4.17. The average Bonchev–Trinajstić information content (AvgIpc) is 2.59. The molecule has 1 aromatic rings. The summed E-state index contributed by atoms with van der Waals surface area (Å²) in [5.41, 5.74) is 1.00. The van der Waals surface area contributed by atoms with Crippen LogP contribution in [-0.4, -0.2) is 48.1 Å². The minimum Gasteiger partial charge on any atom is -0.494 e. The number of aliphatic carboxylic acids is 1. The van der Waals surface area contributed by atoms with Gasteiger partial charge in [-0.05, 0) is 50.0 Å². The van der Waals surface area contributed by atoms with Crippen LogP contribution in [0.25, 0.3) is 0 Å². The summed E-state index contributed by atoms with van der Waals surface area (Å²) in [6.07, 6.45) is 2.18. The van der Waals surface area contributed by atoms with Gasteiger partial charge in [-0.3, -0.25) is 14.5 Å². The van der Waals surface area contributed by atoms with Gasteiger partial charge in [-0.25, -0.2) is 0 Å². The minimum atomic E-state index is -0.732. The van der Waals surface area contributed by atoms with Crippen molar-refractivity contribution in [3.05, 3.63) is 29.8 Å². The predicted octanol–water partition coefficient (Wildman–Crippen LogP) is 2.31. The van der Waals surface area contributed by atoms with Crippen molar-refractivity contribution in [3.8, 4) is 5.75 Å². The highest BCUT2D eigenvalue weighted by Gasteiger charge is 2.25. The van der Waals surface area contributed by atoms with E-state index in [2.05, 4.69) is 12.2 Å². The van der Waals surface area contributed by atoms with Crippen LogP contribution in [0.2, 0.25) is 0 Å². The van der Waals surface area contributed by atoms with Crippen molar-refractivity contribution < 1.29 is 19.4 Å². The van der Waals surface area contributed by atoms with Gasteiger partial charge in [-0.15, -0.1) is 12.4 Å². The van der Waals surface area contributed by atoms with Gasteiger partial charge >= 0.3 is 5.97 Å². The number of nitrogens with zero attached hydrogens (tertiary/aromatic N) is 1. The lowest BCUT2D eigenvalue weighted by molar-refractivity contribution is -0.143. The molecule has 0 aliphatic carbocycles. The van der Waals surface area contributed by atoms with Gasteiger partial charge < -0.3 is 15.2 Å². The lowest BCUT2D eigenvalue weighted by Gasteiger charge is -2.29. The topological polar surface area (TPSA) is 78.9 Å². The Hall–Kier alpha value is -1.79. The molecule has 0 radical (unpaired) electrons. The van der Waals surface area contributed by atoms with Gasteiger partial charge in [-0.2, -0.15) is 0 Å². The van der Waals surface area contributed by atoms with E-state index < -0.39 is 5.97 Å². The zero-order valence-electron chi connectivity index (χ0n) is 14.6. The summed E-state index contributed by atoms with van der Waals surface area (Å²) < 4.78 is 5.58. The van der Waals surface area contributed by atoms with Crippen molar-refractivity contribution in [2.24, 2.45) is 5.92 Å². The van der Waals surface area contributed by atoms with Crippen LogP contribution in [0.1, 0.15) is 31.7 Å². The molecule has 0 saturated carbocycles. The summed E-state index contributed by atoms with van der Waals surface area (Å²) in [7, 11) is 0. The van der Waals surface area contributed by atoms with Crippen molar-refractivity contribution in [1.82, 2.24) is 10.2 Å². The van der Waals surface area contributed by atoms with E-state index in [9.17, 15) is 9.59 Å². The molecule has 25 heavy (non-hydrogen) atoms. The second kappa shape index (κ2) is 10.9. The standard InChI is InChI=1S/C18H26N2O4.ClH/c1-2-10-24-16-5-3-4-14(11-16)12-19-17(21)13-20-8-6-15(7-9-20)18(22)23;/h3-5,11,15H,2,6-10,12-13H2,1H3,(H,19,21)(H,22,23);1H. The third kappa shape index (κ3) is 7.32. The summed E-state index contributed by atoms with van der Waals surface area (Å²) in [5, 5.41) is 11.9. The summed E-state index contributed by atoms with van der Waals surface area (Å²) in [5.74, 6) is -0.220. The molecule has 0 atom stereocenters. The molecule has 1 saturated heterocycles. The van der Waals surface area contributed by atoms with E-state index in [1.54, 1.807) is 0 Å². The lowest BCUT2D eigenvalue weighted by atomic mass is 9.97. The number of amides is 1. The van der Waals surface area contributed by atoms with Crippen molar-refractivity contribution in [3.63, 3.8) is 0 Å². The second-order valence-electron chi connectivity index (χ2n) is 6.16. The van der Waals surface area contributed by atoms with E-state index >= 15 is 0 Å². The van der Waals surface area contributed by atoms with Crippen molar-refractivity contribution in [2.45, 2.75) is 32.7 Å². The quantitative estimate of drug-likeness (QED) is 0.734. The number of benzene rings is 1. The monoisotopic (exact) mass is 370 g/mol. The fourth-order valence-corrected chi connectivity index (χ4v) is 2.76. The maximum atomic E-state index is 12.1. The van der Waals surface area contributed by atoms with Gasteiger partial charge in [-0.1, -0.05) is 19.1 Å². The Balaban J connectivity index is 0.00000312. The molecule has 0 bridgehead atoms. The highest BCUT2D eigenvalue weighted by molar-refractivity contribution is 5.85. The number of ether oxygens (including phenoxy) is 1. The molecule has 1 heterocycles. The first-order valence-corrected chi connectivity index (χ1v) is 8.52. The maximum Gasteiger partial charge on any atom is 0.306 e. The SMILES string of the molecule is CCCOc1cccc(CNC(=O)CN2CCC(C(=O)O)CC2)c1.Cl. The molecule has 0 aromatic heterocycles. The fraction of sp³-hybridized carbons (Fsp3) is 0.556. The second-order valence-corrected chi connectivity index (χ2v) is 6.16. The van der Waals surface area contributed by atoms with Crippen molar-refractivity contribution in [2.75, 3.05) is 26.2 Å². The number of carbonyl (C=O) groups is 2. The first-order chi connectivity index (χ1) is 11.6. The number of likely N-dealkylation sites (tertiary alicyclic amines) is 1. The van der Waals surface area contributed by atoms with E-state index in [0.717, 1.165) is 17.7 Å². The first kappa shape index (κ1) is 21.3. The van der Waals surface area contributed by atoms with Crippen LogP contribution in [-0.2, 0) is 16.1 Å². The Morgan fingerprint density at radius 2 is 2.04 bits per heavy atom. The zero-order valence-corrected chi connectivity index (χ0v) is 15.4. The highest BCUT2D eigenvalue weighted by Crippen LogP contribution is 2.17. The lowest BCUT2D eigenvalue weighted by Crippen LogP contribution is -2.42. The molecule has 1 aliphatic heterocycles. The Morgan fingerprint density at radius 3 is 2.68 bits per heavy atom. The Labute approximate surface area is 154 Å². The van der Waals surface area contributed by atoms with E-state index in [1.165, 1.54) is 0 Å². The molecule has 1 amide bonds. The van der Waals surface area contributed by atoms with Crippen LogP contribution in [0, 0.1) is 5.92 Å². The Morgan fingerprint density at radius 1 is 1.32 bits per heavy atom. The molecule has 2 rings (SSSR count). The average molecular weight is 371 g/mol. The molecule has 140 valence electrons. The number of halogens is 1. The van der Waals surface area contributed by atoms with E-state index in [1.807, 2.05) is 29.2 Å². The Kier molecular flexibility index (Phi) is 9.31. The molecular formula is C18H27ClN2O4. The molecule has 2 N–H and O–H groups in total. The van der Waals surface area contributed by atoms with Gasteiger partial charge in [0.05, 0.1) is 19.1 Å². The van der Waals surface area contributed by atoms with Gasteiger partial charge in [0.1, 0.15) is 5.75 Å². The van der Waals surface area contributed by atoms with Crippen molar-refractivity contribution >= 4 is 24.3 Å². The van der Waals surface area contributed by atoms with Crippen LogP contribution in [0.4, 0.5) is 0 Å². The van der Waals surface area contributed by atoms with Gasteiger partial charge in [0.2, 0.25) is 5.91 Å². The Bertz CT molecular complexity index is 560. The summed E-state index contributed by atoms with van der Waals surface area (Å²) in [6.45, 7) is 4.84. The number of carboxylic acid groups (broad SMARTS) is 1. The molecule has 6 nitrogen and oxygen atoms in total. The van der Waals surface area contributed by atoms with E-state index in [4.69, 9.17) is 9.84 Å². The fourth-order valence-electron chi connectivity index (χ4n) is 2.76. The number of nitrogens with one attached hydrogen (secondary N) is 1. The van der Waals surface area contributed by atoms with Gasteiger partial charge in [0.25, 0.3) is 0 Å². The van der Waals surface area contributed by atoms with Gasteiger partial charge in [0, 0.05) is 6.54 Å². The van der Waals surface area contributed by atoms with Crippen LogP contribution in [0.3, 0.4) is 0 Å². The number of carbonyl (C=O) groups excluding carboxylic acids is 1. The van der Waals surface area contributed by atoms with E-state index in [0.29, 0.717) is 45.6 Å². The van der Waals surface area contributed by atoms with Crippen LogP contribution >= 0.6 is 12.4 Å². The predicted molar refractivity (Wildman–Crippen MR) is 98.1 cm³/mol. The van der Waals surface area contributed by atoms with Crippen LogP contribution in [0.15, 0.2) is 24.3 Å². The normalized spacial score (nSPS) is 15.2. The van der Waals surface area contributed by atoms with Crippen LogP contribution in [0.5, 0.6) is 5.75 Å². The minimum absolute atomic E-state index is 0. The molecule has 7 heteroatoms. The number of carboxylic acids is 1. The molecule has 1 aromatic carbocycles. The van der Waals surface area contributed by atoms with E-state index in [-0.39, 0.29) is 24.2 Å². The third-order valence-corrected chi connectivity index (χ3v) is 4.17. The maximum absolute atomic E-state index is 12.1. The number of hydrogen-bond donors (Lipinski definition) is 2. The van der Waals surface area contributed by atoms with Gasteiger partial charge in [0.15, 0.2) is 0 Å². The molecule has 0 unspecified atom stereocenters. The number of hydrogen-bond acceptors (Lipinski definition) is 4. The van der Waals surface area contributed by atoms with Crippen LogP contribution < -0.4 is 10.1 Å². The summed E-state index contributed by atoms with van der Waals surface area (Å²) >= 11 is 0. The highest BCUT2D eigenvalue weighted by atomic mass is 35.5. The summed E-state index contributed by atoms with van der Waals surface area (Å²) in [4.78, 5) is 25.0. The molecule has 1 fully saturated rings. The smallest absolute Gasteiger partial charge is 0.306 e. The largest absolute Gasteiger partial charge is 0.494 e. The number of rotatable bonds is 8. The molecular weight excluding hydrogens is 344 g/mol. The molecule has 0 spiro atoms.